The summed E-state index contributed by atoms with van der Waals surface area (Å²) in [6, 6.07) is 13.2. The lowest BCUT2D eigenvalue weighted by molar-refractivity contribution is -0.134. The van der Waals surface area contributed by atoms with E-state index in [0.717, 1.165) is 12.2 Å². The summed E-state index contributed by atoms with van der Waals surface area (Å²) < 4.78 is 16.4. The number of alkyl halides is 1. The molecule has 5 nitrogen and oxygen atoms in total. The van der Waals surface area contributed by atoms with Crippen molar-refractivity contribution in [2.24, 2.45) is 5.92 Å². The molecular formula is C28H37ClO5. The van der Waals surface area contributed by atoms with E-state index in [0.29, 0.717) is 23.7 Å². The van der Waals surface area contributed by atoms with Gasteiger partial charge in [-0.05, 0) is 60.9 Å². The van der Waals surface area contributed by atoms with Crippen LogP contribution in [0.15, 0.2) is 48.5 Å². The summed E-state index contributed by atoms with van der Waals surface area (Å²) >= 11 is 6.01. The van der Waals surface area contributed by atoms with Gasteiger partial charge >= 0.3 is 11.9 Å². The van der Waals surface area contributed by atoms with Crippen molar-refractivity contribution in [3.63, 3.8) is 0 Å². The summed E-state index contributed by atoms with van der Waals surface area (Å²) in [4.78, 5) is 24.3. The molecule has 0 aliphatic rings. The molecule has 6 heteroatoms. The van der Waals surface area contributed by atoms with Crippen LogP contribution in [0.2, 0.25) is 0 Å². The third-order valence-corrected chi connectivity index (χ3v) is 6.10. The Hall–Kier alpha value is -2.53. The summed E-state index contributed by atoms with van der Waals surface area (Å²) in [5.41, 5.74) is 0.428. The maximum atomic E-state index is 12.4. The van der Waals surface area contributed by atoms with Crippen molar-refractivity contribution < 1.29 is 23.8 Å². The van der Waals surface area contributed by atoms with Gasteiger partial charge in [-0.15, -0.1) is 11.6 Å². The molecule has 0 saturated carbocycles. The van der Waals surface area contributed by atoms with Gasteiger partial charge in [0.2, 0.25) is 0 Å². The highest BCUT2D eigenvalue weighted by Gasteiger charge is 2.21. The average molecular weight is 489 g/mol. The van der Waals surface area contributed by atoms with E-state index in [9.17, 15) is 9.59 Å². The smallest absolute Gasteiger partial charge is 0.343 e. The first-order valence-electron chi connectivity index (χ1n) is 12.3. The van der Waals surface area contributed by atoms with Gasteiger partial charge in [-0.3, -0.25) is 4.79 Å². The third-order valence-electron chi connectivity index (χ3n) is 5.42. The van der Waals surface area contributed by atoms with Gasteiger partial charge in [0, 0.05) is 0 Å². The van der Waals surface area contributed by atoms with Crippen LogP contribution in [-0.4, -0.2) is 23.9 Å². The van der Waals surface area contributed by atoms with Crippen molar-refractivity contribution in [3.8, 4) is 17.2 Å². The van der Waals surface area contributed by atoms with Gasteiger partial charge < -0.3 is 14.2 Å². The molecule has 0 amide bonds. The zero-order valence-electron chi connectivity index (χ0n) is 20.6. The van der Waals surface area contributed by atoms with Crippen molar-refractivity contribution in [2.45, 2.75) is 77.5 Å². The van der Waals surface area contributed by atoms with Crippen LogP contribution in [0.3, 0.4) is 0 Å². The second-order valence-corrected chi connectivity index (χ2v) is 9.25. The molecule has 0 N–H and O–H groups in total. The van der Waals surface area contributed by atoms with E-state index in [4.69, 9.17) is 25.8 Å². The first-order valence-corrected chi connectivity index (χ1v) is 12.7. The Kier molecular flexibility index (Phi) is 12.5. The van der Waals surface area contributed by atoms with Crippen LogP contribution in [-0.2, 0) is 4.79 Å². The molecule has 2 aromatic carbocycles. The predicted octanol–water partition coefficient (Wildman–Crippen LogP) is 7.59. The minimum absolute atomic E-state index is 0.0312. The first-order chi connectivity index (χ1) is 16.4. The zero-order valence-corrected chi connectivity index (χ0v) is 21.3. The SMILES string of the molecule is CCCCCCCCCCOc1ccc(C(=O)Oc2ccc(OC(=O)C(Cl)C(C)C)cc2)cc1. The van der Waals surface area contributed by atoms with Gasteiger partial charge in [-0.2, -0.15) is 0 Å². The molecule has 0 bridgehead atoms. The molecule has 2 rings (SSSR count). The van der Waals surface area contributed by atoms with Crippen molar-refractivity contribution in [2.75, 3.05) is 6.61 Å². The average Bonchev–Trinajstić information content (AvgIpc) is 2.84. The monoisotopic (exact) mass is 488 g/mol. The van der Waals surface area contributed by atoms with Crippen molar-refractivity contribution >= 4 is 23.5 Å². The largest absolute Gasteiger partial charge is 0.494 e. The number of unbranched alkanes of at least 4 members (excludes halogenated alkanes) is 7. The highest BCUT2D eigenvalue weighted by molar-refractivity contribution is 6.30. The Morgan fingerprint density at radius 3 is 1.79 bits per heavy atom. The highest BCUT2D eigenvalue weighted by atomic mass is 35.5. The Bertz CT molecular complexity index is 861. The number of benzene rings is 2. The molecule has 0 spiro atoms. The van der Waals surface area contributed by atoms with Crippen LogP contribution in [0.1, 0.15) is 82.5 Å². The zero-order chi connectivity index (χ0) is 24.8. The summed E-state index contributed by atoms with van der Waals surface area (Å²) in [6.45, 7) is 6.60. The van der Waals surface area contributed by atoms with E-state index in [1.807, 2.05) is 13.8 Å². The Morgan fingerprint density at radius 2 is 1.24 bits per heavy atom. The fraction of sp³-hybridized carbons (Fsp3) is 0.500. The molecule has 1 unspecified atom stereocenters. The van der Waals surface area contributed by atoms with E-state index >= 15 is 0 Å². The quantitative estimate of drug-likeness (QED) is 0.112. The van der Waals surface area contributed by atoms with Crippen LogP contribution in [0, 0.1) is 5.92 Å². The van der Waals surface area contributed by atoms with Gasteiger partial charge in [0.05, 0.1) is 12.2 Å². The fourth-order valence-corrected chi connectivity index (χ4v) is 3.34. The highest BCUT2D eigenvalue weighted by Crippen LogP contribution is 2.21. The summed E-state index contributed by atoms with van der Waals surface area (Å²) in [5.74, 6) is 0.423. The number of hydrogen-bond acceptors (Lipinski definition) is 5. The number of carbonyl (C=O) groups is 2. The molecule has 0 fully saturated rings. The van der Waals surface area contributed by atoms with Crippen LogP contribution >= 0.6 is 11.6 Å². The lowest BCUT2D eigenvalue weighted by Gasteiger charge is -2.12. The van der Waals surface area contributed by atoms with Gasteiger partial charge in [0.1, 0.15) is 22.6 Å². The lowest BCUT2D eigenvalue weighted by atomic mass is 10.1. The number of hydrogen-bond donors (Lipinski definition) is 0. The number of carbonyl (C=O) groups excluding carboxylic acids is 2. The molecule has 2 aromatic rings. The Balaban J connectivity index is 1.71. The summed E-state index contributed by atoms with van der Waals surface area (Å²) in [6.07, 6.45) is 10.1. The molecule has 0 aliphatic heterocycles. The van der Waals surface area contributed by atoms with Crippen LogP contribution in [0.25, 0.3) is 0 Å². The molecule has 186 valence electrons. The topological polar surface area (TPSA) is 61.8 Å². The summed E-state index contributed by atoms with van der Waals surface area (Å²) in [5, 5.41) is -0.718. The molecular weight excluding hydrogens is 452 g/mol. The maximum absolute atomic E-state index is 12.4. The van der Waals surface area contributed by atoms with Crippen LogP contribution in [0.4, 0.5) is 0 Å². The number of rotatable bonds is 15. The standard InChI is InChI=1S/C28H37ClO5/c1-4-5-6-7-8-9-10-11-20-32-23-14-12-22(13-15-23)27(30)33-24-16-18-25(19-17-24)34-28(31)26(29)21(2)3/h12-19,21,26H,4-11,20H2,1-3H3. The molecule has 0 aromatic heterocycles. The summed E-state index contributed by atoms with van der Waals surface area (Å²) in [7, 11) is 0. The van der Waals surface area contributed by atoms with Gasteiger partial charge in [0.25, 0.3) is 0 Å². The predicted molar refractivity (Wildman–Crippen MR) is 136 cm³/mol. The number of ether oxygens (including phenoxy) is 3. The minimum atomic E-state index is -0.718. The van der Waals surface area contributed by atoms with E-state index in [1.165, 1.54) is 44.9 Å². The van der Waals surface area contributed by atoms with Gasteiger partial charge in [-0.25, -0.2) is 4.79 Å². The fourth-order valence-electron chi connectivity index (χ4n) is 3.30. The molecule has 34 heavy (non-hydrogen) atoms. The maximum Gasteiger partial charge on any atom is 0.343 e. The molecule has 0 saturated heterocycles. The van der Waals surface area contributed by atoms with Crippen molar-refractivity contribution in [3.05, 3.63) is 54.1 Å². The van der Waals surface area contributed by atoms with E-state index in [-0.39, 0.29) is 5.92 Å². The number of esters is 2. The van der Waals surface area contributed by atoms with E-state index in [2.05, 4.69) is 6.92 Å². The van der Waals surface area contributed by atoms with E-state index in [1.54, 1.807) is 48.5 Å². The molecule has 1 atom stereocenters. The molecule has 0 heterocycles. The van der Waals surface area contributed by atoms with Crippen LogP contribution < -0.4 is 14.2 Å². The Labute approximate surface area is 208 Å². The second-order valence-electron chi connectivity index (χ2n) is 8.78. The normalized spacial score (nSPS) is 11.8. The minimum Gasteiger partial charge on any atom is -0.494 e. The van der Waals surface area contributed by atoms with Gasteiger partial charge in [0.15, 0.2) is 0 Å². The molecule has 0 aliphatic carbocycles. The second kappa shape index (κ2) is 15.4. The first kappa shape index (κ1) is 27.7. The Morgan fingerprint density at radius 1 is 0.735 bits per heavy atom. The number of halogens is 1. The van der Waals surface area contributed by atoms with E-state index < -0.39 is 17.3 Å². The lowest BCUT2D eigenvalue weighted by Crippen LogP contribution is -2.25. The van der Waals surface area contributed by atoms with Gasteiger partial charge in [-0.1, -0.05) is 65.7 Å². The van der Waals surface area contributed by atoms with Crippen LogP contribution in [0.5, 0.6) is 17.2 Å². The molecule has 0 radical (unpaired) electrons. The van der Waals surface area contributed by atoms with Crippen molar-refractivity contribution in [1.29, 1.82) is 0 Å². The van der Waals surface area contributed by atoms with Crippen molar-refractivity contribution in [1.82, 2.24) is 0 Å². The third kappa shape index (κ3) is 10.2.